The topological polar surface area (TPSA) is 63.0 Å². The lowest BCUT2D eigenvalue weighted by Gasteiger charge is -2.34. The van der Waals surface area contributed by atoms with E-state index in [1.54, 1.807) is 0 Å². The van der Waals surface area contributed by atoms with Crippen LogP contribution in [0.25, 0.3) is 0 Å². The Morgan fingerprint density at radius 3 is 2.39 bits per heavy atom. The molecule has 1 aromatic heterocycles. The minimum atomic E-state index is -0.165. The van der Waals surface area contributed by atoms with Crippen molar-refractivity contribution in [3.63, 3.8) is 0 Å². The summed E-state index contributed by atoms with van der Waals surface area (Å²) in [7, 11) is 0. The molecule has 178 valence electrons. The third kappa shape index (κ3) is 6.70. The van der Waals surface area contributed by atoms with Crippen LogP contribution in [-0.4, -0.2) is 41.9 Å². The molecule has 0 radical (unpaired) electrons. The van der Waals surface area contributed by atoms with Crippen molar-refractivity contribution in [3.8, 4) is 5.75 Å². The van der Waals surface area contributed by atoms with Gasteiger partial charge in [-0.25, -0.2) is 0 Å². The summed E-state index contributed by atoms with van der Waals surface area (Å²) in [5.74, 6) is 1.90. The molecule has 0 spiro atoms. The Bertz CT molecular complexity index is 981. The second-order valence-corrected chi connectivity index (χ2v) is 9.71. The molecule has 1 saturated carbocycles. The lowest BCUT2D eigenvalue weighted by Crippen LogP contribution is -2.48. The van der Waals surface area contributed by atoms with E-state index in [0.717, 1.165) is 44.1 Å². The van der Waals surface area contributed by atoms with Gasteiger partial charge in [0.1, 0.15) is 18.6 Å². The first-order chi connectivity index (χ1) is 16.0. The van der Waals surface area contributed by atoms with Gasteiger partial charge < -0.3 is 14.1 Å². The number of hydrogen-bond donors (Lipinski definition) is 0. The van der Waals surface area contributed by atoms with E-state index in [0.29, 0.717) is 31.2 Å². The van der Waals surface area contributed by atoms with Crippen LogP contribution >= 0.6 is 0 Å². The molecular formula is C27H36N2O4. The van der Waals surface area contributed by atoms with E-state index in [2.05, 4.69) is 23.1 Å². The first-order valence-corrected chi connectivity index (χ1v) is 12.3. The van der Waals surface area contributed by atoms with Gasteiger partial charge >= 0.3 is 0 Å². The highest BCUT2D eigenvalue weighted by molar-refractivity contribution is 5.76. The van der Waals surface area contributed by atoms with Crippen molar-refractivity contribution in [2.45, 2.75) is 65.5 Å². The second kappa shape index (κ2) is 11.0. The van der Waals surface area contributed by atoms with Gasteiger partial charge in [0.25, 0.3) is 0 Å². The average Bonchev–Trinajstić information content (AvgIpc) is 3.30. The molecule has 0 N–H and O–H groups in total. The summed E-state index contributed by atoms with van der Waals surface area (Å²) in [6, 6.07) is 7.75. The minimum absolute atomic E-state index is 0.165. The molecule has 2 heterocycles. The second-order valence-electron chi connectivity index (χ2n) is 9.71. The van der Waals surface area contributed by atoms with Gasteiger partial charge in [-0.1, -0.05) is 55.0 Å². The summed E-state index contributed by atoms with van der Waals surface area (Å²) in [6.07, 6.45) is 8.39. The number of hydrogen-bond acceptors (Lipinski definition) is 5. The zero-order valence-corrected chi connectivity index (χ0v) is 20.0. The fourth-order valence-corrected chi connectivity index (χ4v) is 5.10. The number of piperazine rings is 1. The van der Waals surface area contributed by atoms with Gasteiger partial charge in [0.2, 0.25) is 17.1 Å². The van der Waals surface area contributed by atoms with E-state index in [-0.39, 0.29) is 11.2 Å². The summed E-state index contributed by atoms with van der Waals surface area (Å²) >= 11 is 0. The number of benzene rings is 1. The van der Waals surface area contributed by atoms with E-state index in [4.69, 9.17) is 9.15 Å². The normalized spacial score (nSPS) is 17.5. The lowest BCUT2D eigenvalue weighted by atomic mass is 10.0. The molecular weight excluding hydrogens is 416 g/mol. The molecule has 1 aliphatic carbocycles. The van der Waals surface area contributed by atoms with E-state index in [1.165, 1.54) is 49.1 Å². The Hall–Kier alpha value is -2.60. The monoisotopic (exact) mass is 452 g/mol. The van der Waals surface area contributed by atoms with Crippen LogP contribution in [0.3, 0.4) is 0 Å². The van der Waals surface area contributed by atoms with Crippen molar-refractivity contribution in [2.24, 2.45) is 5.92 Å². The summed E-state index contributed by atoms with van der Waals surface area (Å²) < 4.78 is 11.4. The molecule has 2 aliphatic rings. The van der Waals surface area contributed by atoms with Gasteiger partial charge in [-0.15, -0.1) is 0 Å². The SMILES string of the molecule is Cc1cc(C)cc(COc2coc(CN3CCN(C(=O)CCC4CCCC4)CC3)cc2=O)c1. The summed E-state index contributed by atoms with van der Waals surface area (Å²) in [4.78, 5) is 29.3. The fourth-order valence-electron chi connectivity index (χ4n) is 5.10. The van der Waals surface area contributed by atoms with Gasteiger partial charge in [0.05, 0.1) is 6.54 Å². The third-order valence-electron chi connectivity index (χ3n) is 6.87. The predicted octanol–water partition coefficient (Wildman–Crippen LogP) is 4.45. The summed E-state index contributed by atoms with van der Waals surface area (Å²) in [6.45, 7) is 8.07. The maximum Gasteiger partial charge on any atom is 0.227 e. The lowest BCUT2D eigenvalue weighted by molar-refractivity contribution is -0.133. The molecule has 4 rings (SSSR count). The van der Waals surface area contributed by atoms with E-state index >= 15 is 0 Å². The van der Waals surface area contributed by atoms with Gasteiger partial charge in [-0.2, -0.15) is 0 Å². The van der Waals surface area contributed by atoms with Crippen molar-refractivity contribution in [1.82, 2.24) is 9.80 Å². The molecule has 0 bridgehead atoms. The number of ether oxygens (including phenoxy) is 1. The highest BCUT2D eigenvalue weighted by atomic mass is 16.5. The van der Waals surface area contributed by atoms with Crippen molar-refractivity contribution in [3.05, 3.63) is 63.2 Å². The first-order valence-electron chi connectivity index (χ1n) is 12.3. The summed E-state index contributed by atoms with van der Waals surface area (Å²) in [5, 5.41) is 0. The third-order valence-corrected chi connectivity index (χ3v) is 6.87. The standard InChI is InChI=1S/C27H36N2O4/c1-20-13-21(2)15-23(14-20)18-33-26-19-32-24(16-25(26)30)17-28-9-11-29(12-10-28)27(31)8-7-22-5-3-4-6-22/h13-16,19,22H,3-12,17-18H2,1-2H3. The highest BCUT2D eigenvalue weighted by Gasteiger charge is 2.23. The van der Waals surface area contributed by atoms with Crippen LogP contribution in [0.4, 0.5) is 0 Å². The number of amides is 1. The van der Waals surface area contributed by atoms with Crippen LogP contribution in [0, 0.1) is 19.8 Å². The van der Waals surface area contributed by atoms with Gasteiger partial charge in [-0.05, 0) is 31.7 Å². The van der Waals surface area contributed by atoms with Crippen LogP contribution in [0.5, 0.6) is 5.75 Å². The quantitative estimate of drug-likeness (QED) is 0.592. The molecule has 1 amide bonds. The maximum absolute atomic E-state index is 12.5. The fraction of sp³-hybridized carbons (Fsp3) is 0.556. The molecule has 6 heteroatoms. The van der Waals surface area contributed by atoms with Crippen LogP contribution in [0.15, 0.2) is 39.7 Å². The van der Waals surface area contributed by atoms with Crippen LogP contribution in [0.2, 0.25) is 0 Å². The van der Waals surface area contributed by atoms with Crippen LogP contribution < -0.4 is 10.2 Å². The van der Waals surface area contributed by atoms with E-state index in [1.807, 2.05) is 18.7 Å². The van der Waals surface area contributed by atoms with E-state index in [9.17, 15) is 9.59 Å². The minimum Gasteiger partial charge on any atom is -0.482 e. The zero-order valence-electron chi connectivity index (χ0n) is 20.0. The van der Waals surface area contributed by atoms with Crippen LogP contribution in [-0.2, 0) is 17.9 Å². The Kier molecular flexibility index (Phi) is 7.86. The molecule has 2 aromatic rings. The molecule has 1 aliphatic heterocycles. The van der Waals surface area contributed by atoms with Gasteiger partial charge in [0, 0.05) is 38.7 Å². The number of carbonyl (C=O) groups excluding carboxylic acids is 1. The highest BCUT2D eigenvalue weighted by Crippen LogP contribution is 2.28. The summed E-state index contributed by atoms with van der Waals surface area (Å²) in [5.41, 5.74) is 3.21. The smallest absolute Gasteiger partial charge is 0.227 e. The Morgan fingerprint density at radius 2 is 1.73 bits per heavy atom. The Balaban J connectivity index is 1.23. The molecule has 6 nitrogen and oxygen atoms in total. The van der Waals surface area contributed by atoms with Gasteiger partial charge in [-0.3, -0.25) is 14.5 Å². The predicted molar refractivity (Wildman–Crippen MR) is 128 cm³/mol. The average molecular weight is 453 g/mol. The molecule has 2 fully saturated rings. The van der Waals surface area contributed by atoms with Gasteiger partial charge in [0.15, 0.2) is 0 Å². The molecule has 0 unspecified atom stereocenters. The number of carbonyl (C=O) groups is 1. The van der Waals surface area contributed by atoms with Crippen LogP contribution in [0.1, 0.15) is 61.0 Å². The zero-order chi connectivity index (χ0) is 23.2. The Labute approximate surface area is 196 Å². The molecule has 0 atom stereocenters. The largest absolute Gasteiger partial charge is 0.482 e. The number of rotatable bonds is 8. The van der Waals surface area contributed by atoms with Crippen molar-refractivity contribution in [2.75, 3.05) is 26.2 Å². The first kappa shape index (κ1) is 23.6. The number of nitrogens with zero attached hydrogens (tertiary/aromatic N) is 2. The van der Waals surface area contributed by atoms with Crippen molar-refractivity contribution >= 4 is 5.91 Å². The van der Waals surface area contributed by atoms with Crippen molar-refractivity contribution in [1.29, 1.82) is 0 Å². The Morgan fingerprint density at radius 1 is 1.03 bits per heavy atom. The maximum atomic E-state index is 12.5. The molecule has 33 heavy (non-hydrogen) atoms. The van der Waals surface area contributed by atoms with E-state index < -0.39 is 0 Å². The molecule has 1 aromatic carbocycles. The number of aryl methyl sites for hydroxylation is 2. The van der Waals surface area contributed by atoms with Crippen molar-refractivity contribution < 1.29 is 13.9 Å². The molecule has 1 saturated heterocycles.